The largest absolute Gasteiger partial charge is 0.496 e. The number of H-pyrrole nitrogens is 1. The summed E-state index contributed by atoms with van der Waals surface area (Å²) in [6.07, 6.45) is 1.82. The molecule has 4 aromatic rings. The fourth-order valence-corrected chi connectivity index (χ4v) is 3.68. The lowest BCUT2D eigenvalue weighted by Gasteiger charge is -2.04. The Hall–Kier alpha value is -2.86. The van der Waals surface area contributed by atoms with Crippen molar-refractivity contribution in [2.45, 2.75) is 6.54 Å². The van der Waals surface area contributed by atoms with Crippen LogP contribution in [0, 0.1) is 0 Å². The van der Waals surface area contributed by atoms with E-state index in [1.807, 2.05) is 54.7 Å². The number of hydrogen-bond acceptors (Lipinski definition) is 4. The first-order chi connectivity index (χ1) is 11.8. The van der Waals surface area contributed by atoms with Gasteiger partial charge in [0.05, 0.1) is 30.3 Å². The molecule has 1 N–H and O–H groups in total. The topological polar surface area (TPSA) is 59.9 Å². The van der Waals surface area contributed by atoms with Crippen molar-refractivity contribution < 1.29 is 4.74 Å². The molecule has 2 aromatic carbocycles. The van der Waals surface area contributed by atoms with Crippen LogP contribution in [-0.4, -0.2) is 21.6 Å². The van der Waals surface area contributed by atoms with Crippen LogP contribution in [0.5, 0.6) is 5.75 Å². The van der Waals surface area contributed by atoms with Crippen molar-refractivity contribution in [3.8, 4) is 16.3 Å². The third-order valence-electron chi connectivity index (χ3n) is 3.89. The van der Waals surface area contributed by atoms with Crippen molar-refractivity contribution in [1.29, 1.82) is 0 Å². The maximum atomic E-state index is 12.2. The first kappa shape index (κ1) is 14.7. The Morgan fingerprint density at radius 3 is 2.83 bits per heavy atom. The average molecular weight is 337 g/mol. The van der Waals surface area contributed by atoms with Crippen LogP contribution in [0.25, 0.3) is 21.6 Å². The molecule has 2 heterocycles. The SMILES string of the molecule is COc1ccccc1-c1ncc(Cn2c(=O)[nH]c3ccccc32)s1. The summed E-state index contributed by atoms with van der Waals surface area (Å²) in [5.41, 5.74) is 2.60. The summed E-state index contributed by atoms with van der Waals surface area (Å²) in [6, 6.07) is 15.5. The molecule has 0 spiro atoms. The quantitative estimate of drug-likeness (QED) is 0.620. The van der Waals surface area contributed by atoms with E-state index in [1.54, 1.807) is 23.0 Å². The Labute approximate surface area is 142 Å². The van der Waals surface area contributed by atoms with Crippen molar-refractivity contribution in [2.75, 3.05) is 7.11 Å². The van der Waals surface area contributed by atoms with Gasteiger partial charge in [-0.15, -0.1) is 11.3 Å². The minimum atomic E-state index is -0.108. The number of aromatic amines is 1. The van der Waals surface area contributed by atoms with Gasteiger partial charge in [0.1, 0.15) is 10.8 Å². The summed E-state index contributed by atoms with van der Waals surface area (Å²) in [5.74, 6) is 0.794. The lowest BCUT2D eigenvalue weighted by Crippen LogP contribution is -2.16. The lowest BCUT2D eigenvalue weighted by atomic mass is 10.2. The maximum absolute atomic E-state index is 12.2. The highest BCUT2D eigenvalue weighted by Gasteiger charge is 2.12. The minimum Gasteiger partial charge on any atom is -0.496 e. The van der Waals surface area contributed by atoms with E-state index in [2.05, 4.69) is 9.97 Å². The van der Waals surface area contributed by atoms with Crippen molar-refractivity contribution in [1.82, 2.24) is 14.5 Å². The van der Waals surface area contributed by atoms with Crippen LogP contribution in [0.2, 0.25) is 0 Å². The zero-order chi connectivity index (χ0) is 16.5. The summed E-state index contributed by atoms with van der Waals surface area (Å²) in [6.45, 7) is 0.496. The monoisotopic (exact) mass is 337 g/mol. The zero-order valence-electron chi connectivity index (χ0n) is 13.0. The predicted octanol–water partition coefficient (Wildman–Crippen LogP) is 3.51. The molecule has 4 rings (SSSR count). The summed E-state index contributed by atoms with van der Waals surface area (Å²) >= 11 is 1.57. The van der Waals surface area contributed by atoms with Crippen LogP contribution in [-0.2, 0) is 6.54 Å². The van der Waals surface area contributed by atoms with Crippen LogP contribution < -0.4 is 10.4 Å². The Balaban J connectivity index is 1.71. The number of imidazole rings is 1. The van der Waals surface area contributed by atoms with Crippen LogP contribution in [0.3, 0.4) is 0 Å². The molecule has 2 aromatic heterocycles. The molecular weight excluding hydrogens is 322 g/mol. The van der Waals surface area contributed by atoms with Crippen LogP contribution >= 0.6 is 11.3 Å². The van der Waals surface area contributed by atoms with Crippen molar-refractivity contribution in [2.24, 2.45) is 0 Å². The Morgan fingerprint density at radius 1 is 1.17 bits per heavy atom. The van der Waals surface area contributed by atoms with E-state index in [4.69, 9.17) is 4.74 Å². The predicted molar refractivity (Wildman–Crippen MR) is 95.8 cm³/mol. The zero-order valence-corrected chi connectivity index (χ0v) is 13.8. The van der Waals surface area contributed by atoms with E-state index in [0.29, 0.717) is 6.54 Å². The number of para-hydroxylation sites is 3. The molecular formula is C18H15N3O2S. The molecule has 0 unspecified atom stereocenters. The number of ether oxygens (including phenoxy) is 1. The summed E-state index contributed by atoms with van der Waals surface area (Å²) < 4.78 is 7.13. The van der Waals surface area contributed by atoms with E-state index < -0.39 is 0 Å². The molecule has 0 fully saturated rings. The summed E-state index contributed by atoms with van der Waals surface area (Å²) in [5, 5.41) is 0.885. The molecule has 0 amide bonds. The van der Waals surface area contributed by atoms with Gasteiger partial charge in [0.2, 0.25) is 0 Å². The second kappa shape index (κ2) is 5.98. The molecule has 120 valence electrons. The average Bonchev–Trinajstić information content (AvgIpc) is 3.20. The number of nitrogens with one attached hydrogen (secondary N) is 1. The fraction of sp³-hybridized carbons (Fsp3) is 0.111. The second-order valence-corrected chi connectivity index (χ2v) is 6.48. The van der Waals surface area contributed by atoms with E-state index >= 15 is 0 Å². The molecule has 5 nitrogen and oxygen atoms in total. The van der Waals surface area contributed by atoms with Gasteiger partial charge in [-0.1, -0.05) is 24.3 Å². The molecule has 6 heteroatoms. The van der Waals surface area contributed by atoms with Crippen molar-refractivity contribution in [3.05, 3.63) is 70.1 Å². The van der Waals surface area contributed by atoms with E-state index in [-0.39, 0.29) is 5.69 Å². The highest BCUT2D eigenvalue weighted by molar-refractivity contribution is 7.15. The van der Waals surface area contributed by atoms with Crippen molar-refractivity contribution in [3.63, 3.8) is 0 Å². The molecule has 0 aliphatic rings. The smallest absolute Gasteiger partial charge is 0.326 e. The van der Waals surface area contributed by atoms with E-state index in [9.17, 15) is 4.79 Å². The molecule has 0 saturated carbocycles. The Bertz CT molecular complexity index is 1060. The van der Waals surface area contributed by atoms with Gasteiger partial charge in [0, 0.05) is 11.1 Å². The number of rotatable bonds is 4. The van der Waals surface area contributed by atoms with E-state index in [1.165, 1.54) is 0 Å². The van der Waals surface area contributed by atoms with Crippen molar-refractivity contribution >= 4 is 22.4 Å². The number of methoxy groups -OCH3 is 1. The molecule has 24 heavy (non-hydrogen) atoms. The van der Waals surface area contributed by atoms with Crippen LogP contribution in [0.1, 0.15) is 4.88 Å². The van der Waals surface area contributed by atoms with Gasteiger partial charge in [0.15, 0.2) is 0 Å². The second-order valence-electron chi connectivity index (χ2n) is 5.37. The normalized spacial score (nSPS) is 11.0. The number of benzene rings is 2. The van der Waals surface area contributed by atoms with E-state index in [0.717, 1.165) is 32.2 Å². The Kier molecular flexibility index (Phi) is 3.66. The molecule has 0 aliphatic carbocycles. The fourth-order valence-electron chi connectivity index (χ4n) is 2.75. The molecule has 0 radical (unpaired) electrons. The highest BCUT2D eigenvalue weighted by atomic mass is 32.1. The lowest BCUT2D eigenvalue weighted by molar-refractivity contribution is 0.416. The third-order valence-corrected chi connectivity index (χ3v) is 4.90. The van der Waals surface area contributed by atoms with Gasteiger partial charge in [-0.2, -0.15) is 0 Å². The molecule has 0 bridgehead atoms. The molecule has 0 aliphatic heterocycles. The number of hydrogen-bond donors (Lipinski definition) is 1. The number of fused-ring (bicyclic) bond motifs is 1. The first-order valence-electron chi connectivity index (χ1n) is 7.52. The highest BCUT2D eigenvalue weighted by Crippen LogP contribution is 2.32. The van der Waals surface area contributed by atoms with Gasteiger partial charge in [-0.25, -0.2) is 9.78 Å². The number of aromatic nitrogens is 3. The van der Waals surface area contributed by atoms with Gasteiger partial charge in [-0.3, -0.25) is 4.57 Å². The minimum absolute atomic E-state index is 0.108. The first-order valence-corrected chi connectivity index (χ1v) is 8.33. The third kappa shape index (κ3) is 2.51. The van der Waals surface area contributed by atoms with Gasteiger partial charge in [0.25, 0.3) is 0 Å². The molecule has 0 atom stereocenters. The number of thiazole rings is 1. The Morgan fingerprint density at radius 2 is 1.96 bits per heavy atom. The maximum Gasteiger partial charge on any atom is 0.326 e. The van der Waals surface area contributed by atoms with Gasteiger partial charge >= 0.3 is 5.69 Å². The summed E-state index contributed by atoms with van der Waals surface area (Å²) in [7, 11) is 1.65. The number of nitrogens with zero attached hydrogens (tertiary/aromatic N) is 2. The standard InChI is InChI=1S/C18H15N3O2S/c1-23-16-9-5-2-6-13(16)17-19-10-12(24-17)11-21-15-8-4-3-7-14(15)20-18(21)22/h2-10H,11H2,1H3,(H,20,22). The summed E-state index contributed by atoms with van der Waals surface area (Å²) in [4.78, 5) is 20.6. The van der Waals surface area contributed by atoms with Gasteiger partial charge in [-0.05, 0) is 24.3 Å². The van der Waals surface area contributed by atoms with Crippen LogP contribution in [0.15, 0.2) is 59.5 Å². The molecule has 0 saturated heterocycles. The van der Waals surface area contributed by atoms with Crippen LogP contribution in [0.4, 0.5) is 0 Å². The van der Waals surface area contributed by atoms with Gasteiger partial charge < -0.3 is 9.72 Å².